The van der Waals surface area contributed by atoms with Crippen molar-refractivity contribution in [3.8, 4) is 0 Å². The second kappa shape index (κ2) is 5.51. The molecule has 0 fully saturated rings. The van der Waals surface area contributed by atoms with Gasteiger partial charge in [-0.05, 0) is 28.1 Å². The summed E-state index contributed by atoms with van der Waals surface area (Å²) in [6.45, 7) is 0.00243. The third-order valence-electron chi connectivity index (χ3n) is 2.39. The molecule has 1 heterocycles. The quantitative estimate of drug-likeness (QED) is 0.870. The SMILES string of the molecule is NCc1cc(S(=O)(=O)Nc2cccc(F)c2F)c(Br)o1. The summed E-state index contributed by atoms with van der Waals surface area (Å²) < 4.78 is 57.6. The van der Waals surface area contributed by atoms with Gasteiger partial charge in [0.15, 0.2) is 16.3 Å². The predicted octanol–water partition coefficient (Wildman–Crippen LogP) is 2.58. The van der Waals surface area contributed by atoms with E-state index in [2.05, 4.69) is 15.9 Å². The summed E-state index contributed by atoms with van der Waals surface area (Å²) in [6, 6.07) is 4.37. The van der Waals surface area contributed by atoms with Crippen molar-refractivity contribution in [2.45, 2.75) is 11.4 Å². The number of hydrogen-bond donors (Lipinski definition) is 2. The topological polar surface area (TPSA) is 85.3 Å². The van der Waals surface area contributed by atoms with Gasteiger partial charge in [0.2, 0.25) is 0 Å². The Kier molecular flexibility index (Phi) is 4.11. The van der Waals surface area contributed by atoms with Crippen LogP contribution in [0.25, 0.3) is 0 Å². The lowest BCUT2D eigenvalue weighted by atomic mass is 10.3. The Morgan fingerprint density at radius 3 is 2.65 bits per heavy atom. The zero-order chi connectivity index (χ0) is 14.9. The van der Waals surface area contributed by atoms with Gasteiger partial charge in [-0.3, -0.25) is 4.72 Å². The average Bonchev–Trinajstić information content (AvgIpc) is 2.77. The maximum atomic E-state index is 13.5. The Bertz CT molecular complexity index is 746. The maximum Gasteiger partial charge on any atom is 0.266 e. The van der Waals surface area contributed by atoms with Crippen molar-refractivity contribution in [2.75, 3.05) is 4.72 Å². The summed E-state index contributed by atoms with van der Waals surface area (Å²) >= 11 is 2.93. The largest absolute Gasteiger partial charge is 0.452 e. The zero-order valence-corrected chi connectivity index (χ0v) is 12.3. The summed E-state index contributed by atoms with van der Waals surface area (Å²) in [5, 5.41) is 0. The minimum atomic E-state index is -4.13. The third kappa shape index (κ3) is 2.84. The van der Waals surface area contributed by atoms with Gasteiger partial charge in [0.1, 0.15) is 10.7 Å². The molecule has 0 aliphatic rings. The van der Waals surface area contributed by atoms with Crippen molar-refractivity contribution in [2.24, 2.45) is 5.73 Å². The van der Waals surface area contributed by atoms with E-state index >= 15 is 0 Å². The van der Waals surface area contributed by atoms with Crippen LogP contribution in [0.3, 0.4) is 0 Å². The molecule has 20 heavy (non-hydrogen) atoms. The minimum Gasteiger partial charge on any atom is -0.452 e. The number of rotatable bonds is 4. The highest BCUT2D eigenvalue weighted by Crippen LogP contribution is 2.28. The molecule has 3 N–H and O–H groups in total. The summed E-state index contributed by atoms with van der Waals surface area (Å²) in [4.78, 5) is -0.249. The van der Waals surface area contributed by atoms with Crippen LogP contribution in [0, 0.1) is 11.6 Å². The number of halogens is 3. The molecule has 0 aliphatic heterocycles. The number of benzene rings is 1. The van der Waals surface area contributed by atoms with Crippen LogP contribution >= 0.6 is 15.9 Å². The van der Waals surface area contributed by atoms with Crippen molar-refractivity contribution in [1.29, 1.82) is 0 Å². The molecule has 9 heteroatoms. The first-order chi connectivity index (χ1) is 9.35. The van der Waals surface area contributed by atoms with E-state index in [1.54, 1.807) is 0 Å². The maximum absolute atomic E-state index is 13.5. The summed E-state index contributed by atoms with van der Waals surface area (Å²) in [5.41, 5.74) is 4.84. The van der Waals surface area contributed by atoms with E-state index in [0.29, 0.717) is 0 Å². The lowest BCUT2D eigenvalue weighted by molar-refractivity contribution is 0.484. The molecule has 2 aromatic rings. The molecular weight excluding hydrogens is 358 g/mol. The highest BCUT2D eigenvalue weighted by Gasteiger charge is 2.24. The Hall–Kier alpha value is -1.45. The first-order valence-corrected chi connectivity index (χ1v) is 7.58. The average molecular weight is 367 g/mol. The molecule has 1 aromatic carbocycles. The summed E-state index contributed by atoms with van der Waals surface area (Å²) in [6.07, 6.45) is 0. The lowest BCUT2D eigenvalue weighted by Gasteiger charge is -2.07. The normalized spacial score (nSPS) is 11.6. The zero-order valence-electron chi connectivity index (χ0n) is 9.86. The number of furan rings is 1. The molecular formula is C11H9BrF2N2O3S. The van der Waals surface area contributed by atoms with Crippen LogP contribution in [0.1, 0.15) is 5.76 Å². The summed E-state index contributed by atoms with van der Waals surface area (Å²) in [7, 11) is -4.13. The van der Waals surface area contributed by atoms with Crippen molar-refractivity contribution in [3.05, 3.63) is 46.3 Å². The van der Waals surface area contributed by atoms with Crippen molar-refractivity contribution >= 4 is 31.6 Å². The Morgan fingerprint density at radius 2 is 2.05 bits per heavy atom. The Balaban J connectivity index is 2.40. The number of sulfonamides is 1. The number of anilines is 1. The number of nitrogens with two attached hydrogens (primary N) is 1. The number of hydrogen-bond acceptors (Lipinski definition) is 4. The standard InChI is InChI=1S/C11H9BrF2N2O3S/c12-11-9(4-6(5-15)19-11)20(17,18)16-8-3-1-2-7(13)10(8)14/h1-4,16H,5,15H2. The molecule has 5 nitrogen and oxygen atoms in total. The van der Waals surface area contributed by atoms with Crippen LogP contribution in [0.2, 0.25) is 0 Å². The first kappa shape index (κ1) is 14.9. The fraction of sp³-hybridized carbons (Fsp3) is 0.0909. The molecule has 1 aromatic heterocycles. The Labute approximate surface area is 121 Å². The first-order valence-electron chi connectivity index (χ1n) is 5.30. The number of nitrogens with one attached hydrogen (secondary N) is 1. The van der Waals surface area contributed by atoms with Crippen molar-refractivity contribution in [3.63, 3.8) is 0 Å². The van der Waals surface area contributed by atoms with Crippen LogP contribution in [0.4, 0.5) is 14.5 Å². The second-order valence-corrected chi connectivity index (χ2v) is 6.13. The molecule has 0 amide bonds. The van der Waals surface area contributed by atoms with Gasteiger partial charge >= 0.3 is 0 Å². The molecule has 0 bridgehead atoms. The van der Waals surface area contributed by atoms with E-state index in [4.69, 9.17) is 10.2 Å². The van der Waals surface area contributed by atoms with Crippen LogP contribution in [-0.2, 0) is 16.6 Å². The Morgan fingerprint density at radius 1 is 1.35 bits per heavy atom. The lowest BCUT2D eigenvalue weighted by Crippen LogP contribution is -2.14. The fourth-order valence-corrected chi connectivity index (χ4v) is 3.52. The predicted molar refractivity (Wildman–Crippen MR) is 71.5 cm³/mol. The van der Waals surface area contributed by atoms with Crippen LogP contribution < -0.4 is 10.5 Å². The third-order valence-corrected chi connectivity index (χ3v) is 4.62. The van der Waals surface area contributed by atoms with Crippen LogP contribution in [0.5, 0.6) is 0 Å². The molecule has 108 valence electrons. The molecule has 0 spiro atoms. The van der Waals surface area contributed by atoms with E-state index in [-0.39, 0.29) is 21.9 Å². The van der Waals surface area contributed by atoms with Gasteiger partial charge in [0, 0.05) is 6.07 Å². The van der Waals surface area contributed by atoms with E-state index in [1.807, 2.05) is 4.72 Å². The van der Waals surface area contributed by atoms with E-state index < -0.39 is 27.3 Å². The highest BCUT2D eigenvalue weighted by molar-refractivity contribution is 9.10. The van der Waals surface area contributed by atoms with Crippen LogP contribution in [-0.4, -0.2) is 8.42 Å². The highest BCUT2D eigenvalue weighted by atomic mass is 79.9. The van der Waals surface area contributed by atoms with Gasteiger partial charge in [-0.25, -0.2) is 17.2 Å². The van der Waals surface area contributed by atoms with Crippen molar-refractivity contribution < 1.29 is 21.6 Å². The molecule has 0 unspecified atom stereocenters. The van der Waals surface area contributed by atoms with Gasteiger partial charge in [-0.1, -0.05) is 6.07 Å². The molecule has 0 aliphatic carbocycles. The molecule has 0 radical (unpaired) electrons. The fourth-order valence-electron chi connectivity index (χ4n) is 1.46. The minimum absolute atomic E-state index is 0.00243. The smallest absolute Gasteiger partial charge is 0.266 e. The monoisotopic (exact) mass is 366 g/mol. The molecule has 0 saturated carbocycles. The second-order valence-electron chi connectivity index (χ2n) is 3.76. The van der Waals surface area contributed by atoms with Crippen LogP contribution in [0.15, 0.2) is 38.2 Å². The molecule has 0 atom stereocenters. The van der Waals surface area contributed by atoms with Gasteiger partial charge in [-0.2, -0.15) is 0 Å². The van der Waals surface area contributed by atoms with Gasteiger partial charge in [0.05, 0.1) is 12.2 Å². The van der Waals surface area contributed by atoms with Gasteiger partial charge in [0.25, 0.3) is 10.0 Å². The van der Waals surface area contributed by atoms with Gasteiger partial charge in [-0.15, -0.1) is 0 Å². The van der Waals surface area contributed by atoms with E-state index in [0.717, 1.165) is 12.1 Å². The molecule has 0 saturated heterocycles. The summed E-state index contributed by atoms with van der Waals surface area (Å²) in [5.74, 6) is -2.20. The molecule has 2 rings (SSSR count). The van der Waals surface area contributed by atoms with Crippen molar-refractivity contribution in [1.82, 2.24) is 0 Å². The van der Waals surface area contributed by atoms with E-state index in [1.165, 1.54) is 12.1 Å². The van der Waals surface area contributed by atoms with Gasteiger partial charge < -0.3 is 10.2 Å². The van der Waals surface area contributed by atoms with E-state index in [9.17, 15) is 17.2 Å².